The molecule has 20 heavy (non-hydrogen) atoms. The monoisotopic (exact) mass is 274 g/mol. The van der Waals surface area contributed by atoms with Crippen LogP contribution in [0, 0.1) is 5.92 Å². The Morgan fingerprint density at radius 3 is 2.50 bits per heavy atom. The van der Waals surface area contributed by atoms with E-state index in [1.165, 1.54) is 6.42 Å². The fourth-order valence-corrected chi connectivity index (χ4v) is 2.20. The zero-order valence-electron chi connectivity index (χ0n) is 12.3. The first kappa shape index (κ1) is 14.6. The Morgan fingerprint density at radius 2 is 1.95 bits per heavy atom. The summed E-state index contributed by atoms with van der Waals surface area (Å²) in [6.07, 6.45) is 3.23. The van der Waals surface area contributed by atoms with E-state index in [1.807, 2.05) is 13.8 Å². The molecular formula is C16H22N2O2. The number of anilines is 1. The van der Waals surface area contributed by atoms with E-state index in [0.29, 0.717) is 11.3 Å². The number of rotatable bonds is 4. The molecule has 1 aliphatic carbocycles. The fourth-order valence-electron chi connectivity index (χ4n) is 2.20. The lowest BCUT2D eigenvalue weighted by molar-refractivity contribution is -0.118. The van der Waals surface area contributed by atoms with E-state index >= 15 is 0 Å². The number of benzene rings is 1. The van der Waals surface area contributed by atoms with Crippen LogP contribution in [-0.2, 0) is 4.79 Å². The Labute approximate surface area is 119 Å². The largest absolute Gasteiger partial charge is 0.347 e. The number of hydrogen-bond donors (Lipinski definition) is 2. The van der Waals surface area contributed by atoms with E-state index in [2.05, 4.69) is 17.6 Å². The quantitative estimate of drug-likeness (QED) is 0.887. The predicted octanol–water partition coefficient (Wildman–Crippen LogP) is 2.95. The average Bonchev–Trinajstić information content (AvgIpc) is 2.37. The van der Waals surface area contributed by atoms with Crippen molar-refractivity contribution in [1.29, 1.82) is 0 Å². The number of nitrogens with one attached hydrogen (secondary N) is 2. The van der Waals surface area contributed by atoms with Crippen molar-refractivity contribution in [1.82, 2.24) is 5.32 Å². The molecule has 1 aromatic rings. The van der Waals surface area contributed by atoms with E-state index in [9.17, 15) is 9.59 Å². The minimum absolute atomic E-state index is 0.0477. The zero-order chi connectivity index (χ0) is 14.8. The summed E-state index contributed by atoms with van der Waals surface area (Å²) < 4.78 is 0. The molecule has 0 radical (unpaired) electrons. The number of carbonyl (C=O) groups excluding carboxylic acids is 2. The molecule has 1 saturated carbocycles. The molecule has 2 N–H and O–H groups in total. The van der Waals surface area contributed by atoms with Crippen LogP contribution in [0.2, 0.25) is 0 Å². The standard InChI is InChI=1S/C16H22N2O2/c1-11(2)14(19)17-13-7-4-6-12(10-13)15(20)18-16(3)8-5-9-16/h4,6-7,10-11H,5,8-9H2,1-3H3,(H,17,19)(H,18,20). The highest BCUT2D eigenvalue weighted by molar-refractivity contribution is 5.97. The van der Waals surface area contributed by atoms with Gasteiger partial charge < -0.3 is 10.6 Å². The molecular weight excluding hydrogens is 252 g/mol. The number of carbonyl (C=O) groups is 2. The van der Waals surface area contributed by atoms with Crippen LogP contribution < -0.4 is 10.6 Å². The maximum Gasteiger partial charge on any atom is 0.251 e. The van der Waals surface area contributed by atoms with Crippen molar-refractivity contribution < 1.29 is 9.59 Å². The van der Waals surface area contributed by atoms with Gasteiger partial charge in [-0.15, -0.1) is 0 Å². The molecule has 4 heteroatoms. The highest BCUT2D eigenvalue weighted by Crippen LogP contribution is 2.31. The van der Waals surface area contributed by atoms with Crippen LogP contribution in [0.15, 0.2) is 24.3 Å². The van der Waals surface area contributed by atoms with Crippen molar-refractivity contribution in [3.63, 3.8) is 0 Å². The van der Waals surface area contributed by atoms with Crippen LogP contribution in [0.25, 0.3) is 0 Å². The highest BCUT2D eigenvalue weighted by atomic mass is 16.2. The van der Waals surface area contributed by atoms with Crippen molar-refractivity contribution in [3.8, 4) is 0 Å². The highest BCUT2D eigenvalue weighted by Gasteiger charge is 2.33. The molecule has 0 spiro atoms. The molecule has 1 aliphatic rings. The SMILES string of the molecule is CC(C)C(=O)Nc1cccc(C(=O)NC2(C)CCC2)c1. The first-order valence-corrected chi connectivity index (χ1v) is 7.13. The maximum absolute atomic E-state index is 12.2. The minimum atomic E-state index is -0.0821. The van der Waals surface area contributed by atoms with Crippen molar-refractivity contribution >= 4 is 17.5 Å². The second-order valence-corrected chi connectivity index (χ2v) is 6.09. The first-order chi connectivity index (χ1) is 9.39. The van der Waals surface area contributed by atoms with Crippen LogP contribution in [-0.4, -0.2) is 17.4 Å². The lowest BCUT2D eigenvalue weighted by Gasteiger charge is -2.39. The summed E-state index contributed by atoms with van der Waals surface area (Å²) >= 11 is 0. The van der Waals surface area contributed by atoms with Gasteiger partial charge in [0.25, 0.3) is 5.91 Å². The smallest absolute Gasteiger partial charge is 0.251 e. The number of amides is 2. The second-order valence-electron chi connectivity index (χ2n) is 6.09. The topological polar surface area (TPSA) is 58.2 Å². The molecule has 1 fully saturated rings. The molecule has 1 aromatic carbocycles. The third-order valence-electron chi connectivity index (χ3n) is 3.79. The molecule has 0 saturated heterocycles. The third kappa shape index (κ3) is 3.38. The Morgan fingerprint density at radius 1 is 1.25 bits per heavy atom. The summed E-state index contributed by atoms with van der Waals surface area (Å²) in [5, 5.41) is 5.87. The average molecular weight is 274 g/mol. The van der Waals surface area contributed by atoms with Crippen LogP contribution in [0.4, 0.5) is 5.69 Å². The van der Waals surface area contributed by atoms with Crippen molar-refractivity contribution in [2.75, 3.05) is 5.32 Å². The summed E-state index contributed by atoms with van der Waals surface area (Å²) in [6, 6.07) is 7.07. The van der Waals surface area contributed by atoms with Gasteiger partial charge in [-0.1, -0.05) is 19.9 Å². The van der Waals surface area contributed by atoms with E-state index in [4.69, 9.17) is 0 Å². The van der Waals surface area contributed by atoms with Gasteiger partial charge in [0, 0.05) is 22.7 Å². The predicted molar refractivity (Wildman–Crippen MR) is 79.6 cm³/mol. The molecule has 0 aliphatic heterocycles. The van der Waals surface area contributed by atoms with Crippen molar-refractivity contribution in [2.24, 2.45) is 5.92 Å². The van der Waals surface area contributed by atoms with Crippen LogP contribution in [0.3, 0.4) is 0 Å². The van der Waals surface area contributed by atoms with Crippen molar-refractivity contribution in [2.45, 2.75) is 45.6 Å². The third-order valence-corrected chi connectivity index (χ3v) is 3.79. The van der Waals surface area contributed by atoms with Gasteiger partial charge in [0.2, 0.25) is 5.91 Å². The van der Waals surface area contributed by atoms with Gasteiger partial charge in [-0.25, -0.2) is 0 Å². The maximum atomic E-state index is 12.2. The van der Waals surface area contributed by atoms with Gasteiger partial charge in [-0.05, 0) is 44.4 Å². The van der Waals surface area contributed by atoms with Gasteiger partial charge in [0.1, 0.15) is 0 Å². The van der Waals surface area contributed by atoms with Crippen LogP contribution >= 0.6 is 0 Å². The lowest BCUT2D eigenvalue weighted by Crippen LogP contribution is -2.50. The molecule has 4 nitrogen and oxygen atoms in total. The molecule has 0 aromatic heterocycles. The molecule has 2 amide bonds. The fraction of sp³-hybridized carbons (Fsp3) is 0.500. The van der Waals surface area contributed by atoms with E-state index < -0.39 is 0 Å². The number of hydrogen-bond acceptors (Lipinski definition) is 2. The minimum Gasteiger partial charge on any atom is -0.347 e. The molecule has 0 heterocycles. The van der Waals surface area contributed by atoms with Gasteiger partial charge in [-0.3, -0.25) is 9.59 Å². The summed E-state index contributed by atoms with van der Waals surface area (Å²) in [5.41, 5.74) is 1.18. The Kier molecular flexibility index (Phi) is 4.12. The van der Waals surface area contributed by atoms with E-state index in [0.717, 1.165) is 12.8 Å². The van der Waals surface area contributed by atoms with Gasteiger partial charge in [-0.2, -0.15) is 0 Å². The summed E-state index contributed by atoms with van der Waals surface area (Å²) in [4.78, 5) is 23.9. The Bertz CT molecular complexity index is 519. The zero-order valence-corrected chi connectivity index (χ0v) is 12.3. The summed E-state index contributed by atoms with van der Waals surface area (Å²) in [5.74, 6) is -0.206. The lowest BCUT2D eigenvalue weighted by atomic mass is 9.78. The van der Waals surface area contributed by atoms with Gasteiger partial charge in [0.05, 0.1) is 0 Å². The molecule has 0 bridgehead atoms. The van der Waals surface area contributed by atoms with Crippen molar-refractivity contribution in [3.05, 3.63) is 29.8 Å². The molecule has 108 valence electrons. The normalized spacial score (nSPS) is 16.4. The van der Waals surface area contributed by atoms with Crippen LogP contribution in [0.5, 0.6) is 0 Å². The van der Waals surface area contributed by atoms with E-state index in [1.54, 1.807) is 24.3 Å². The molecule has 0 atom stereocenters. The van der Waals surface area contributed by atoms with Gasteiger partial charge >= 0.3 is 0 Å². The Hall–Kier alpha value is -1.84. The van der Waals surface area contributed by atoms with Gasteiger partial charge in [0.15, 0.2) is 0 Å². The molecule has 2 rings (SSSR count). The summed E-state index contributed by atoms with van der Waals surface area (Å²) in [6.45, 7) is 5.74. The second kappa shape index (κ2) is 5.65. The summed E-state index contributed by atoms with van der Waals surface area (Å²) in [7, 11) is 0. The Balaban J connectivity index is 2.05. The first-order valence-electron chi connectivity index (χ1n) is 7.13. The molecule has 0 unspecified atom stereocenters. The van der Waals surface area contributed by atoms with E-state index in [-0.39, 0.29) is 23.3 Å². The van der Waals surface area contributed by atoms with Crippen LogP contribution in [0.1, 0.15) is 50.4 Å².